The number of hydrogen-bond acceptors (Lipinski definition) is 3. The summed E-state index contributed by atoms with van der Waals surface area (Å²) < 4.78 is 0. The van der Waals surface area contributed by atoms with Crippen molar-refractivity contribution in [2.24, 2.45) is 11.7 Å². The average molecular weight is 275 g/mol. The standard InChI is InChI=1S/C15H21N3O2/c1-9(2)13(14(16)19)18-15(20)11-7-8-17-12-6-4-3-5-10(11)12/h3-6,9,11,13,17H,7-8H2,1-2H3,(H2,16,19)(H,18,20). The molecule has 2 atom stereocenters. The van der Waals surface area contributed by atoms with E-state index in [9.17, 15) is 9.59 Å². The van der Waals surface area contributed by atoms with Gasteiger partial charge in [0, 0.05) is 12.2 Å². The monoisotopic (exact) mass is 275 g/mol. The number of anilines is 1. The maximum Gasteiger partial charge on any atom is 0.240 e. The first-order valence-corrected chi connectivity index (χ1v) is 6.93. The summed E-state index contributed by atoms with van der Waals surface area (Å²) in [6.45, 7) is 4.48. The highest BCUT2D eigenvalue weighted by molar-refractivity contribution is 5.91. The summed E-state index contributed by atoms with van der Waals surface area (Å²) in [7, 11) is 0. The number of hydrogen-bond donors (Lipinski definition) is 3. The molecule has 0 radical (unpaired) electrons. The number of rotatable bonds is 4. The van der Waals surface area contributed by atoms with E-state index in [2.05, 4.69) is 10.6 Å². The molecule has 0 spiro atoms. The average Bonchev–Trinajstić information content (AvgIpc) is 2.43. The van der Waals surface area contributed by atoms with Crippen LogP contribution in [0.4, 0.5) is 5.69 Å². The van der Waals surface area contributed by atoms with Crippen LogP contribution in [0.15, 0.2) is 24.3 Å². The summed E-state index contributed by atoms with van der Waals surface area (Å²) in [6.07, 6.45) is 0.715. The lowest BCUT2D eigenvalue weighted by Crippen LogP contribution is -2.49. The molecule has 2 rings (SSSR count). The summed E-state index contributed by atoms with van der Waals surface area (Å²) in [5.41, 5.74) is 7.30. The zero-order valence-electron chi connectivity index (χ0n) is 11.8. The van der Waals surface area contributed by atoms with E-state index in [0.29, 0.717) is 6.42 Å². The largest absolute Gasteiger partial charge is 0.385 e. The molecule has 2 amide bonds. The molecule has 4 N–H and O–H groups in total. The number of primary amides is 1. The van der Waals surface area contributed by atoms with E-state index in [1.54, 1.807) is 0 Å². The molecule has 1 aromatic carbocycles. The normalized spacial score (nSPS) is 18.9. The van der Waals surface area contributed by atoms with Gasteiger partial charge in [-0.3, -0.25) is 9.59 Å². The van der Waals surface area contributed by atoms with Crippen LogP contribution in [-0.2, 0) is 9.59 Å². The molecule has 5 nitrogen and oxygen atoms in total. The van der Waals surface area contributed by atoms with E-state index in [1.807, 2.05) is 38.1 Å². The van der Waals surface area contributed by atoms with Gasteiger partial charge in [-0.2, -0.15) is 0 Å². The number of fused-ring (bicyclic) bond motifs is 1. The smallest absolute Gasteiger partial charge is 0.240 e. The Morgan fingerprint density at radius 2 is 2.05 bits per heavy atom. The number of carbonyl (C=O) groups is 2. The van der Waals surface area contributed by atoms with Crippen LogP contribution in [0.1, 0.15) is 31.7 Å². The molecule has 108 valence electrons. The van der Waals surface area contributed by atoms with Gasteiger partial charge in [-0.15, -0.1) is 0 Å². The highest BCUT2D eigenvalue weighted by Gasteiger charge is 2.30. The molecule has 1 aliphatic rings. The molecular formula is C15H21N3O2. The highest BCUT2D eigenvalue weighted by atomic mass is 16.2. The minimum atomic E-state index is -0.621. The second-order valence-corrected chi connectivity index (χ2v) is 5.49. The van der Waals surface area contributed by atoms with Crippen LogP contribution in [0.3, 0.4) is 0 Å². The number of carbonyl (C=O) groups excluding carboxylic acids is 2. The van der Waals surface area contributed by atoms with Gasteiger partial charge < -0.3 is 16.4 Å². The molecule has 1 aromatic rings. The lowest BCUT2D eigenvalue weighted by atomic mass is 9.89. The van der Waals surface area contributed by atoms with Crippen molar-refractivity contribution in [3.63, 3.8) is 0 Å². The number of para-hydroxylation sites is 1. The van der Waals surface area contributed by atoms with Gasteiger partial charge in [0.25, 0.3) is 0 Å². The van der Waals surface area contributed by atoms with E-state index in [1.165, 1.54) is 0 Å². The zero-order chi connectivity index (χ0) is 14.7. The van der Waals surface area contributed by atoms with Gasteiger partial charge in [-0.25, -0.2) is 0 Å². The Hall–Kier alpha value is -2.04. The van der Waals surface area contributed by atoms with Crippen LogP contribution in [0, 0.1) is 5.92 Å². The number of nitrogens with two attached hydrogens (primary N) is 1. The van der Waals surface area contributed by atoms with Gasteiger partial charge in [-0.1, -0.05) is 32.0 Å². The Kier molecular flexibility index (Phi) is 4.27. The van der Waals surface area contributed by atoms with Crippen LogP contribution in [0.25, 0.3) is 0 Å². The van der Waals surface area contributed by atoms with Crippen LogP contribution < -0.4 is 16.4 Å². The first-order valence-electron chi connectivity index (χ1n) is 6.93. The molecular weight excluding hydrogens is 254 g/mol. The van der Waals surface area contributed by atoms with Gasteiger partial charge in [-0.05, 0) is 24.0 Å². The molecule has 0 aliphatic carbocycles. The van der Waals surface area contributed by atoms with Crippen molar-refractivity contribution < 1.29 is 9.59 Å². The maximum atomic E-state index is 12.4. The Morgan fingerprint density at radius 3 is 2.70 bits per heavy atom. The second kappa shape index (κ2) is 5.94. The van der Waals surface area contributed by atoms with Crippen LogP contribution >= 0.6 is 0 Å². The lowest BCUT2D eigenvalue weighted by molar-refractivity contribution is -0.129. The van der Waals surface area contributed by atoms with Crippen molar-refractivity contribution in [1.82, 2.24) is 5.32 Å². The third-order valence-electron chi connectivity index (χ3n) is 3.67. The fourth-order valence-corrected chi connectivity index (χ4v) is 2.56. The fourth-order valence-electron chi connectivity index (χ4n) is 2.56. The van der Waals surface area contributed by atoms with E-state index in [4.69, 9.17) is 5.73 Å². The topological polar surface area (TPSA) is 84.2 Å². The summed E-state index contributed by atoms with van der Waals surface area (Å²) in [6, 6.07) is 7.14. The Morgan fingerprint density at radius 1 is 1.35 bits per heavy atom. The van der Waals surface area contributed by atoms with E-state index >= 15 is 0 Å². The van der Waals surface area contributed by atoms with Gasteiger partial charge >= 0.3 is 0 Å². The highest BCUT2D eigenvalue weighted by Crippen LogP contribution is 2.31. The molecule has 0 aromatic heterocycles. The summed E-state index contributed by atoms with van der Waals surface area (Å²) in [5.74, 6) is -0.867. The van der Waals surface area contributed by atoms with Gasteiger partial charge in [0.1, 0.15) is 6.04 Å². The molecule has 1 heterocycles. The van der Waals surface area contributed by atoms with E-state index < -0.39 is 11.9 Å². The first kappa shape index (κ1) is 14.4. The van der Waals surface area contributed by atoms with Crippen molar-refractivity contribution >= 4 is 17.5 Å². The molecule has 0 saturated carbocycles. The van der Waals surface area contributed by atoms with E-state index in [-0.39, 0.29) is 17.7 Å². The predicted octanol–water partition coefficient (Wildman–Crippen LogP) is 1.21. The minimum Gasteiger partial charge on any atom is -0.385 e. The summed E-state index contributed by atoms with van der Waals surface area (Å²) in [4.78, 5) is 23.8. The fraction of sp³-hybridized carbons (Fsp3) is 0.467. The van der Waals surface area contributed by atoms with Crippen molar-refractivity contribution in [2.45, 2.75) is 32.2 Å². The van der Waals surface area contributed by atoms with Crippen LogP contribution in [0.5, 0.6) is 0 Å². The van der Waals surface area contributed by atoms with Crippen molar-refractivity contribution in [1.29, 1.82) is 0 Å². The van der Waals surface area contributed by atoms with Gasteiger partial charge in [0.15, 0.2) is 0 Å². The third-order valence-corrected chi connectivity index (χ3v) is 3.67. The number of nitrogens with one attached hydrogen (secondary N) is 2. The Labute approximate surface area is 118 Å². The zero-order valence-corrected chi connectivity index (χ0v) is 11.8. The van der Waals surface area contributed by atoms with Crippen molar-refractivity contribution in [3.05, 3.63) is 29.8 Å². The molecule has 0 saturated heterocycles. The predicted molar refractivity (Wildman–Crippen MR) is 78.3 cm³/mol. The first-order chi connectivity index (χ1) is 9.50. The third kappa shape index (κ3) is 2.92. The number of amides is 2. The van der Waals surface area contributed by atoms with Crippen LogP contribution in [-0.4, -0.2) is 24.4 Å². The molecule has 2 unspecified atom stereocenters. The van der Waals surface area contributed by atoms with Crippen LogP contribution in [0.2, 0.25) is 0 Å². The lowest BCUT2D eigenvalue weighted by Gasteiger charge is -2.28. The molecule has 1 aliphatic heterocycles. The second-order valence-electron chi connectivity index (χ2n) is 5.49. The Bertz CT molecular complexity index is 514. The molecule has 5 heteroatoms. The SMILES string of the molecule is CC(C)C(NC(=O)C1CCNc2ccccc21)C(N)=O. The van der Waals surface area contributed by atoms with E-state index in [0.717, 1.165) is 17.8 Å². The van der Waals surface area contributed by atoms with Gasteiger partial charge in [0.05, 0.1) is 5.92 Å². The van der Waals surface area contributed by atoms with Crippen molar-refractivity contribution in [2.75, 3.05) is 11.9 Å². The molecule has 0 bridgehead atoms. The quantitative estimate of drug-likeness (QED) is 0.772. The molecule has 20 heavy (non-hydrogen) atoms. The summed E-state index contributed by atoms with van der Waals surface area (Å²) in [5, 5.41) is 6.06. The Balaban J connectivity index is 2.16. The minimum absolute atomic E-state index is 0.0200. The van der Waals surface area contributed by atoms with Crippen molar-refractivity contribution in [3.8, 4) is 0 Å². The maximum absolute atomic E-state index is 12.4. The summed E-state index contributed by atoms with van der Waals surface area (Å²) >= 11 is 0. The van der Waals surface area contributed by atoms with Gasteiger partial charge in [0.2, 0.25) is 11.8 Å². The molecule has 0 fully saturated rings. The number of benzene rings is 1.